The summed E-state index contributed by atoms with van der Waals surface area (Å²) < 4.78 is 22.4. The standard InChI is InChI=1S/C19H38N4O11/c20-2-1-7-11(26)13(28)14(29)19(31-7)34-17-6(22)3-5(21)16(15(17)30)33-18-12(27)9(23)10(25)8(4-24)32-18/h5-19,24-30H,1-4,20-23H2/t5-,6+,7+,8+,9-,10+,11+,12+,13-,14+,15-,16+,17-,18+,19+/m0/s1. The summed E-state index contributed by atoms with van der Waals surface area (Å²) in [5.74, 6) is 0. The Morgan fingerprint density at radius 2 is 1.21 bits per heavy atom. The highest BCUT2D eigenvalue weighted by Crippen LogP contribution is 2.31. The minimum absolute atomic E-state index is 0.0908. The summed E-state index contributed by atoms with van der Waals surface area (Å²) in [4.78, 5) is 0. The van der Waals surface area contributed by atoms with Crippen molar-refractivity contribution < 1.29 is 54.7 Å². The van der Waals surface area contributed by atoms with Crippen molar-refractivity contribution in [3.8, 4) is 0 Å². The lowest BCUT2D eigenvalue weighted by molar-refractivity contribution is -0.333. The van der Waals surface area contributed by atoms with Gasteiger partial charge in [0, 0.05) is 12.1 Å². The van der Waals surface area contributed by atoms with Gasteiger partial charge >= 0.3 is 0 Å². The van der Waals surface area contributed by atoms with Gasteiger partial charge in [-0.15, -0.1) is 0 Å². The highest BCUT2D eigenvalue weighted by atomic mass is 16.7. The van der Waals surface area contributed by atoms with E-state index in [2.05, 4.69) is 0 Å². The highest BCUT2D eigenvalue weighted by molar-refractivity contribution is 5.01. The summed E-state index contributed by atoms with van der Waals surface area (Å²) in [7, 11) is 0. The molecule has 0 unspecified atom stereocenters. The summed E-state index contributed by atoms with van der Waals surface area (Å²) in [6, 6.07) is -2.85. The van der Waals surface area contributed by atoms with Crippen molar-refractivity contribution in [1.29, 1.82) is 0 Å². The van der Waals surface area contributed by atoms with Crippen LogP contribution in [-0.2, 0) is 18.9 Å². The number of hydrogen-bond acceptors (Lipinski definition) is 15. The van der Waals surface area contributed by atoms with Gasteiger partial charge in [-0.05, 0) is 19.4 Å². The van der Waals surface area contributed by atoms with Gasteiger partial charge in [-0.25, -0.2) is 0 Å². The predicted octanol–water partition coefficient (Wildman–Crippen LogP) is -6.90. The summed E-state index contributed by atoms with van der Waals surface area (Å²) in [5.41, 5.74) is 23.6. The minimum Gasteiger partial charge on any atom is -0.394 e. The SMILES string of the molecule is NCC[C@H]1O[C@H](O[C@@H]2[C@@H](O)[C@H](O[C@H]3O[C@H](CO)[C@@H](O)[C@H](N)[C@H]3O)[C@@H](N)C[C@H]2N)[C@H](O)[C@@H](O)[C@@H]1O. The maximum atomic E-state index is 11.0. The summed E-state index contributed by atoms with van der Waals surface area (Å²) in [5, 5.41) is 71.4. The molecule has 0 bridgehead atoms. The molecular weight excluding hydrogens is 460 g/mol. The zero-order chi connectivity index (χ0) is 25.3. The second-order valence-corrected chi connectivity index (χ2v) is 9.13. The predicted molar refractivity (Wildman–Crippen MR) is 112 cm³/mol. The molecule has 15 N–H and O–H groups in total. The van der Waals surface area contributed by atoms with Crippen LogP contribution in [0.1, 0.15) is 12.8 Å². The fourth-order valence-corrected chi connectivity index (χ4v) is 4.61. The normalized spacial score (nSPS) is 52.5. The Balaban J connectivity index is 1.72. The van der Waals surface area contributed by atoms with Crippen LogP contribution < -0.4 is 22.9 Å². The molecule has 3 fully saturated rings. The Labute approximate surface area is 196 Å². The molecule has 1 aliphatic carbocycles. The number of rotatable bonds is 7. The summed E-state index contributed by atoms with van der Waals surface area (Å²) >= 11 is 0. The van der Waals surface area contributed by atoms with Crippen molar-refractivity contribution in [2.24, 2.45) is 22.9 Å². The van der Waals surface area contributed by atoms with Crippen LogP contribution in [0.4, 0.5) is 0 Å². The monoisotopic (exact) mass is 498 g/mol. The van der Waals surface area contributed by atoms with Crippen molar-refractivity contribution in [1.82, 2.24) is 0 Å². The van der Waals surface area contributed by atoms with E-state index in [-0.39, 0.29) is 19.4 Å². The lowest BCUT2D eigenvalue weighted by atomic mass is 9.84. The first-order valence-electron chi connectivity index (χ1n) is 11.3. The van der Waals surface area contributed by atoms with Gasteiger partial charge < -0.3 is 77.6 Å². The first-order chi connectivity index (χ1) is 16.0. The van der Waals surface area contributed by atoms with E-state index in [4.69, 9.17) is 41.9 Å². The third kappa shape index (κ3) is 5.54. The molecule has 15 nitrogen and oxygen atoms in total. The highest BCUT2D eigenvalue weighted by Gasteiger charge is 2.51. The van der Waals surface area contributed by atoms with E-state index in [0.29, 0.717) is 0 Å². The van der Waals surface area contributed by atoms with Crippen molar-refractivity contribution in [2.75, 3.05) is 13.2 Å². The first kappa shape index (κ1) is 28.0. The van der Waals surface area contributed by atoms with E-state index in [9.17, 15) is 35.7 Å². The van der Waals surface area contributed by atoms with E-state index in [0.717, 1.165) is 0 Å². The van der Waals surface area contributed by atoms with E-state index in [1.165, 1.54) is 0 Å². The Hall–Kier alpha value is -0.600. The molecule has 1 saturated carbocycles. The zero-order valence-corrected chi connectivity index (χ0v) is 18.6. The van der Waals surface area contributed by atoms with Gasteiger partial charge in [0.25, 0.3) is 0 Å². The lowest BCUT2D eigenvalue weighted by Gasteiger charge is -2.48. The first-order valence-corrected chi connectivity index (χ1v) is 11.3. The number of ether oxygens (including phenoxy) is 4. The smallest absolute Gasteiger partial charge is 0.187 e. The van der Waals surface area contributed by atoms with Crippen molar-refractivity contribution in [2.45, 2.75) is 105 Å². The number of nitrogens with two attached hydrogens (primary N) is 4. The summed E-state index contributed by atoms with van der Waals surface area (Å²) in [6.07, 6.45) is -16.0. The Bertz CT molecular complexity index is 651. The molecular formula is C19H38N4O11. The van der Waals surface area contributed by atoms with Crippen LogP contribution in [0.15, 0.2) is 0 Å². The summed E-state index contributed by atoms with van der Waals surface area (Å²) in [6.45, 7) is -0.449. The molecule has 15 heteroatoms. The molecule has 2 heterocycles. The van der Waals surface area contributed by atoms with Gasteiger partial charge in [-0.2, -0.15) is 0 Å². The second kappa shape index (κ2) is 11.6. The van der Waals surface area contributed by atoms with Crippen LogP contribution in [0.2, 0.25) is 0 Å². The Kier molecular flexibility index (Phi) is 9.57. The van der Waals surface area contributed by atoms with Crippen LogP contribution in [-0.4, -0.2) is 141 Å². The minimum atomic E-state index is -1.65. The molecule has 15 atom stereocenters. The molecule has 0 aromatic heterocycles. The van der Waals surface area contributed by atoms with E-state index in [1.54, 1.807) is 0 Å². The van der Waals surface area contributed by atoms with Gasteiger partial charge in [0.1, 0.15) is 54.9 Å². The van der Waals surface area contributed by atoms with Crippen LogP contribution in [0.25, 0.3) is 0 Å². The molecule has 3 aliphatic rings. The maximum Gasteiger partial charge on any atom is 0.187 e. The molecule has 0 radical (unpaired) electrons. The third-order valence-corrected chi connectivity index (χ3v) is 6.70. The average molecular weight is 499 g/mol. The van der Waals surface area contributed by atoms with E-state index in [1.807, 2.05) is 0 Å². The van der Waals surface area contributed by atoms with Gasteiger partial charge in [0.05, 0.1) is 18.8 Å². The number of aliphatic hydroxyl groups is 7. The Morgan fingerprint density at radius 1 is 0.676 bits per heavy atom. The van der Waals surface area contributed by atoms with Crippen LogP contribution in [0.5, 0.6) is 0 Å². The fraction of sp³-hybridized carbons (Fsp3) is 1.00. The molecule has 0 spiro atoms. The second-order valence-electron chi connectivity index (χ2n) is 9.13. The molecule has 200 valence electrons. The van der Waals surface area contributed by atoms with E-state index < -0.39 is 98.4 Å². The zero-order valence-electron chi connectivity index (χ0n) is 18.6. The van der Waals surface area contributed by atoms with Gasteiger partial charge in [-0.3, -0.25) is 0 Å². The maximum absolute atomic E-state index is 11.0. The van der Waals surface area contributed by atoms with Crippen molar-refractivity contribution in [3.05, 3.63) is 0 Å². The molecule has 0 aromatic rings. The van der Waals surface area contributed by atoms with Crippen molar-refractivity contribution in [3.63, 3.8) is 0 Å². The quantitative estimate of drug-likeness (QED) is 0.155. The van der Waals surface area contributed by atoms with Crippen LogP contribution in [0, 0.1) is 0 Å². The average Bonchev–Trinajstić information content (AvgIpc) is 2.80. The third-order valence-electron chi connectivity index (χ3n) is 6.70. The topological polar surface area (TPSA) is 283 Å². The van der Waals surface area contributed by atoms with Gasteiger partial charge in [0.2, 0.25) is 0 Å². The molecule has 2 saturated heterocycles. The molecule has 3 rings (SSSR count). The fourth-order valence-electron chi connectivity index (χ4n) is 4.61. The van der Waals surface area contributed by atoms with E-state index >= 15 is 0 Å². The van der Waals surface area contributed by atoms with Gasteiger partial charge in [0.15, 0.2) is 12.6 Å². The molecule has 34 heavy (non-hydrogen) atoms. The van der Waals surface area contributed by atoms with Gasteiger partial charge in [-0.1, -0.05) is 0 Å². The van der Waals surface area contributed by atoms with Crippen LogP contribution in [0.3, 0.4) is 0 Å². The molecule has 0 amide bonds. The largest absolute Gasteiger partial charge is 0.394 e. The Morgan fingerprint density at radius 3 is 1.74 bits per heavy atom. The van der Waals surface area contributed by atoms with Crippen molar-refractivity contribution >= 4 is 0 Å². The molecule has 2 aliphatic heterocycles. The number of aliphatic hydroxyl groups excluding tert-OH is 7. The lowest BCUT2D eigenvalue weighted by Crippen LogP contribution is -2.68. The van der Waals surface area contributed by atoms with Crippen LogP contribution >= 0.6 is 0 Å². The molecule has 0 aromatic carbocycles. The number of hydrogen-bond donors (Lipinski definition) is 11.